The van der Waals surface area contributed by atoms with Gasteiger partial charge >= 0.3 is 6.18 Å². The van der Waals surface area contributed by atoms with Crippen molar-refractivity contribution in [3.63, 3.8) is 0 Å². The molecule has 0 fully saturated rings. The molecule has 0 saturated heterocycles. The fourth-order valence-electron chi connectivity index (χ4n) is 3.18. The van der Waals surface area contributed by atoms with E-state index in [4.69, 9.17) is 5.73 Å². The van der Waals surface area contributed by atoms with E-state index in [1.807, 2.05) is 13.8 Å². The van der Waals surface area contributed by atoms with Gasteiger partial charge in [0.1, 0.15) is 5.69 Å². The lowest BCUT2D eigenvalue weighted by molar-refractivity contribution is -0.146. The largest absolute Gasteiger partial charge is 0.395 e. The molecule has 150 valence electrons. The highest BCUT2D eigenvalue weighted by atomic mass is 32.1. The van der Waals surface area contributed by atoms with E-state index in [-0.39, 0.29) is 11.4 Å². The van der Waals surface area contributed by atoms with Crippen molar-refractivity contribution in [3.8, 4) is 21.8 Å². The van der Waals surface area contributed by atoms with Gasteiger partial charge in [0.15, 0.2) is 11.5 Å². The molecule has 3 heterocycles. The normalized spacial score (nSPS) is 13.2. The third kappa shape index (κ3) is 3.46. The van der Waals surface area contributed by atoms with Gasteiger partial charge < -0.3 is 5.73 Å². The van der Waals surface area contributed by atoms with Gasteiger partial charge in [-0.1, -0.05) is 12.1 Å². The second-order valence-electron chi connectivity index (χ2n) is 6.93. The molecular formula is C20H18F3N5S. The number of nitrogen functional groups attached to an aromatic ring is 1. The SMILES string of the molecule is Cc1ncc(-c2cn3c(-c4cc(C(C)C(F)(F)F)ccc4C)cnc3c(N)n2)s1. The predicted molar refractivity (Wildman–Crippen MR) is 108 cm³/mol. The number of aryl methyl sites for hydroxylation is 2. The maximum Gasteiger partial charge on any atom is 0.395 e. The molecule has 0 aliphatic heterocycles. The minimum absolute atomic E-state index is 0.202. The van der Waals surface area contributed by atoms with E-state index >= 15 is 0 Å². The van der Waals surface area contributed by atoms with Crippen LogP contribution < -0.4 is 5.73 Å². The highest BCUT2D eigenvalue weighted by molar-refractivity contribution is 7.15. The lowest BCUT2D eigenvalue weighted by atomic mass is 9.95. The van der Waals surface area contributed by atoms with Crippen molar-refractivity contribution in [2.24, 2.45) is 0 Å². The quantitative estimate of drug-likeness (QED) is 0.486. The van der Waals surface area contributed by atoms with Crippen LogP contribution in [0.15, 0.2) is 36.8 Å². The Morgan fingerprint density at radius 3 is 2.55 bits per heavy atom. The van der Waals surface area contributed by atoms with E-state index in [0.29, 0.717) is 22.6 Å². The first kappa shape index (κ1) is 19.4. The van der Waals surface area contributed by atoms with Gasteiger partial charge in [-0.05, 0) is 38.0 Å². The molecule has 4 aromatic rings. The van der Waals surface area contributed by atoms with Crippen LogP contribution >= 0.6 is 11.3 Å². The minimum atomic E-state index is -4.31. The second kappa shape index (κ2) is 6.84. The molecule has 1 atom stereocenters. The number of nitrogens with zero attached hydrogens (tertiary/aromatic N) is 4. The number of benzene rings is 1. The molecular weight excluding hydrogens is 399 g/mol. The van der Waals surface area contributed by atoms with Crippen molar-refractivity contribution in [2.75, 3.05) is 5.73 Å². The average Bonchev–Trinajstić information content (AvgIpc) is 3.27. The maximum atomic E-state index is 13.2. The van der Waals surface area contributed by atoms with Gasteiger partial charge in [0.2, 0.25) is 0 Å². The van der Waals surface area contributed by atoms with Gasteiger partial charge in [0, 0.05) is 18.0 Å². The molecule has 0 aliphatic carbocycles. The van der Waals surface area contributed by atoms with Crippen LogP contribution in [0.4, 0.5) is 19.0 Å². The number of thiazole rings is 1. The number of rotatable bonds is 3. The van der Waals surface area contributed by atoms with Gasteiger partial charge in [-0.15, -0.1) is 11.3 Å². The Morgan fingerprint density at radius 1 is 1.14 bits per heavy atom. The van der Waals surface area contributed by atoms with E-state index in [1.165, 1.54) is 17.4 Å². The summed E-state index contributed by atoms with van der Waals surface area (Å²) < 4.78 is 41.4. The Kier molecular flexibility index (Phi) is 4.57. The summed E-state index contributed by atoms with van der Waals surface area (Å²) in [6, 6.07) is 4.79. The number of nitrogens with two attached hydrogens (primary N) is 1. The van der Waals surface area contributed by atoms with E-state index in [9.17, 15) is 13.2 Å². The van der Waals surface area contributed by atoms with Crippen molar-refractivity contribution >= 4 is 22.8 Å². The van der Waals surface area contributed by atoms with Crippen LogP contribution in [0.5, 0.6) is 0 Å². The fraction of sp³-hybridized carbons (Fsp3) is 0.250. The Balaban J connectivity index is 1.89. The molecule has 9 heteroatoms. The molecule has 0 bridgehead atoms. The van der Waals surface area contributed by atoms with Crippen LogP contribution in [0.3, 0.4) is 0 Å². The van der Waals surface area contributed by atoms with E-state index < -0.39 is 12.1 Å². The fourth-order valence-corrected chi connectivity index (χ4v) is 3.92. The van der Waals surface area contributed by atoms with Gasteiger partial charge in [-0.25, -0.2) is 15.0 Å². The molecule has 2 N–H and O–H groups in total. The van der Waals surface area contributed by atoms with Crippen molar-refractivity contribution in [1.29, 1.82) is 0 Å². The van der Waals surface area contributed by atoms with Crippen molar-refractivity contribution < 1.29 is 13.2 Å². The first-order valence-electron chi connectivity index (χ1n) is 8.89. The first-order valence-corrected chi connectivity index (χ1v) is 9.71. The Hall–Kier alpha value is -2.94. The Labute approximate surface area is 169 Å². The summed E-state index contributed by atoms with van der Waals surface area (Å²) in [6.07, 6.45) is 0.818. The number of alkyl halides is 3. The lowest BCUT2D eigenvalue weighted by Gasteiger charge is -2.18. The molecule has 0 spiro atoms. The number of hydrogen-bond donors (Lipinski definition) is 1. The van der Waals surface area contributed by atoms with Crippen molar-refractivity contribution in [1.82, 2.24) is 19.4 Å². The number of halogens is 3. The smallest absolute Gasteiger partial charge is 0.381 e. The molecule has 29 heavy (non-hydrogen) atoms. The highest BCUT2D eigenvalue weighted by Crippen LogP contribution is 2.37. The van der Waals surface area contributed by atoms with Gasteiger partial charge in [0.05, 0.1) is 27.7 Å². The summed E-state index contributed by atoms with van der Waals surface area (Å²) in [5.41, 5.74) is 9.57. The number of fused-ring (bicyclic) bond motifs is 1. The third-order valence-corrected chi connectivity index (χ3v) is 5.86. The van der Waals surface area contributed by atoms with E-state index in [0.717, 1.165) is 22.4 Å². The zero-order valence-corrected chi connectivity index (χ0v) is 16.8. The van der Waals surface area contributed by atoms with Crippen LogP contribution in [0.2, 0.25) is 0 Å². The number of hydrogen-bond acceptors (Lipinski definition) is 5. The zero-order valence-electron chi connectivity index (χ0n) is 15.9. The first-order chi connectivity index (χ1) is 13.6. The second-order valence-corrected chi connectivity index (χ2v) is 8.16. The van der Waals surface area contributed by atoms with Crippen LogP contribution in [-0.4, -0.2) is 25.5 Å². The molecule has 0 aliphatic rings. The van der Waals surface area contributed by atoms with Crippen LogP contribution in [0.25, 0.3) is 27.5 Å². The van der Waals surface area contributed by atoms with Crippen molar-refractivity contribution in [3.05, 3.63) is 52.9 Å². The summed E-state index contributed by atoms with van der Waals surface area (Å²) in [7, 11) is 0. The average molecular weight is 417 g/mol. The summed E-state index contributed by atoms with van der Waals surface area (Å²) in [4.78, 5) is 13.8. The summed E-state index contributed by atoms with van der Waals surface area (Å²) >= 11 is 1.49. The van der Waals surface area contributed by atoms with Crippen LogP contribution in [0.1, 0.15) is 29.0 Å². The highest BCUT2D eigenvalue weighted by Gasteiger charge is 2.37. The predicted octanol–water partition coefficient (Wildman–Crippen LogP) is 5.38. The monoisotopic (exact) mass is 417 g/mol. The number of imidazole rings is 1. The summed E-state index contributed by atoms with van der Waals surface area (Å²) in [5.74, 6) is -1.32. The summed E-state index contributed by atoms with van der Waals surface area (Å²) in [5, 5.41) is 0.899. The van der Waals surface area contributed by atoms with Crippen LogP contribution in [0, 0.1) is 13.8 Å². The zero-order chi connectivity index (χ0) is 20.9. The maximum absolute atomic E-state index is 13.2. The van der Waals surface area contributed by atoms with Crippen LogP contribution in [-0.2, 0) is 0 Å². The van der Waals surface area contributed by atoms with Gasteiger partial charge in [0.25, 0.3) is 0 Å². The van der Waals surface area contributed by atoms with Gasteiger partial charge in [-0.3, -0.25) is 4.40 Å². The number of anilines is 1. The molecule has 0 amide bonds. The molecule has 0 saturated carbocycles. The Bertz CT molecular complexity index is 1210. The molecule has 3 aromatic heterocycles. The molecule has 1 unspecified atom stereocenters. The Morgan fingerprint density at radius 2 is 1.90 bits per heavy atom. The van der Waals surface area contributed by atoms with Gasteiger partial charge in [-0.2, -0.15) is 13.2 Å². The minimum Gasteiger partial charge on any atom is -0.381 e. The number of aromatic nitrogens is 4. The molecule has 4 rings (SSSR count). The standard InChI is InChI=1S/C20H18F3N5S/c1-10-4-5-13(11(2)20(21,22)23)6-14(10)16-7-26-19-18(24)27-15(9-28(16)19)17-8-25-12(3)29-17/h4-9,11H,1-3H3,(H2,24,27). The third-order valence-electron chi connectivity index (χ3n) is 4.92. The van der Waals surface area contributed by atoms with Crippen molar-refractivity contribution in [2.45, 2.75) is 32.9 Å². The van der Waals surface area contributed by atoms with E-state index in [1.54, 1.807) is 35.1 Å². The summed E-state index contributed by atoms with van der Waals surface area (Å²) in [6.45, 7) is 4.92. The molecule has 1 aromatic carbocycles. The van der Waals surface area contributed by atoms with E-state index in [2.05, 4.69) is 15.0 Å². The lowest BCUT2D eigenvalue weighted by Crippen LogP contribution is -2.17. The molecule has 0 radical (unpaired) electrons. The molecule has 5 nitrogen and oxygen atoms in total. The topological polar surface area (TPSA) is 69.1 Å².